The maximum atomic E-state index is 5.55. The van der Waals surface area contributed by atoms with Crippen molar-refractivity contribution in [3.05, 3.63) is 42.0 Å². The Morgan fingerprint density at radius 3 is 2.55 bits per heavy atom. The predicted octanol–water partition coefficient (Wildman–Crippen LogP) is 3.86. The number of methoxy groups -OCH3 is 1. The molecular formula is C19H27NO2. The Morgan fingerprint density at radius 2 is 1.91 bits per heavy atom. The molecule has 22 heavy (non-hydrogen) atoms. The molecule has 3 rings (SSSR count). The summed E-state index contributed by atoms with van der Waals surface area (Å²) in [4.78, 5) is 0. The zero-order chi connectivity index (χ0) is 15.2. The second-order valence-corrected chi connectivity index (χ2v) is 6.33. The highest BCUT2D eigenvalue weighted by molar-refractivity contribution is 5.30. The molecule has 1 aliphatic carbocycles. The summed E-state index contributed by atoms with van der Waals surface area (Å²) < 4.78 is 10.8. The summed E-state index contributed by atoms with van der Waals surface area (Å²) in [6.07, 6.45) is 10.7. The third-order valence-electron chi connectivity index (χ3n) is 4.86. The largest absolute Gasteiger partial charge is 0.497 e. The van der Waals surface area contributed by atoms with Crippen LogP contribution in [0.4, 0.5) is 0 Å². The second-order valence-electron chi connectivity index (χ2n) is 6.33. The van der Waals surface area contributed by atoms with Crippen molar-refractivity contribution in [1.29, 1.82) is 0 Å². The van der Waals surface area contributed by atoms with Gasteiger partial charge in [0.05, 0.1) is 7.11 Å². The number of hydrogen-bond acceptors (Lipinski definition) is 3. The average Bonchev–Trinajstić information content (AvgIpc) is 2.61. The van der Waals surface area contributed by atoms with Crippen molar-refractivity contribution in [2.75, 3.05) is 20.3 Å². The van der Waals surface area contributed by atoms with Crippen LogP contribution in [0, 0.1) is 5.92 Å². The first-order valence-electron chi connectivity index (χ1n) is 8.51. The molecule has 1 fully saturated rings. The van der Waals surface area contributed by atoms with Crippen LogP contribution in [0.1, 0.15) is 43.7 Å². The smallest absolute Gasteiger partial charge is 0.118 e. The van der Waals surface area contributed by atoms with E-state index < -0.39 is 0 Å². The number of allylic oxidation sites excluding steroid dienone is 1. The van der Waals surface area contributed by atoms with Gasteiger partial charge in [-0.2, -0.15) is 0 Å². The molecule has 0 amide bonds. The summed E-state index contributed by atoms with van der Waals surface area (Å²) in [6.45, 7) is 1.78. The van der Waals surface area contributed by atoms with E-state index in [0.29, 0.717) is 18.0 Å². The monoisotopic (exact) mass is 301 g/mol. The van der Waals surface area contributed by atoms with Gasteiger partial charge in [0, 0.05) is 25.3 Å². The van der Waals surface area contributed by atoms with Gasteiger partial charge in [0.25, 0.3) is 0 Å². The van der Waals surface area contributed by atoms with E-state index in [0.717, 1.165) is 31.8 Å². The molecule has 2 atom stereocenters. The zero-order valence-electron chi connectivity index (χ0n) is 13.5. The van der Waals surface area contributed by atoms with Crippen LogP contribution in [0.2, 0.25) is 0 Å². The van der Waals surface area contributed by atoms with Crippen molar-refractivity contribution in [3.63, 3.8) is 0 Å². The minimum absolute atomic E-state index is 0.405. The Hall–Kier alpha value is -1.32. The van der Waals surface area contributed by atoms with Crippen molar-refractivity contribution >= 4 is 0 Å². The van der Waals surface area contributed by atoms with Crippen LogP contribution in [-0.4, -0.2) is 26.4 Å². The van der Waals surface area contributed by atoms with Crippen LogP contribution >= 0.6 is 0 Å². The predicted molar refractivity (Wildman–Crippen MR) is 89.2 cm³/mol. The first kappa shape index (κ1) is 15.6. The van der Waals surface area contributed by atoms with Crippen LogP contribution in [0.15, 0.2) is 36.4 Å². The summed E-state index contributed by atoms with van der Waals surface area (Å²) in [7, 11) is 1.72. The lowest BCUT2D eigenvalue weighted by molar-refractivity contribution is 0.0523. The fourth-order valence-electron chi connectivity index (χ4n) is 3.55. The van der Waals surface area contributed by atoms with Gasteiger partial charge in [-0.05, 0) is 55.7 Å². The molecule has 1 aliphatic heterocycles. The van der Waals surface area contributed by atoms with Gasteiger partial charge in [0.1, 0.15) is 5.75 Å². The molecule has 3 heteroatoms. The maximum Gasteiger partial charge on any atom is 0.118 e. The molecule has 120 valence electrons. The van der Waals surface area contributed by atoms with Gasteiger partial charge < -0.3 is 14.8 Å². The highest BCUT2D eigenvalue weighted by Crippen LogP contribution is 2.32. The fraction of sp³-hybridized carbons (Fsp3) is 0.579. The minimum atomic E-state index is 0.405. The van der Waals surface area contributed by atoms with E-state index in [-0.39, 0.29) is 0 Å². The number of nitrogens with one attached hydrogen (secondary N) is 1. The Balaban J connectivity index is 1.77. The van der Waals surface area contributed by atoms with Gasteiger partial charge >= 0.3 is 0 Å². The number of benzene rings is 1. The molecule has 0 aromatic heterocycles. The maximum absolute atomic E-state index is 5.55. The summed E-state index contributed by atoms with van der Waals surface area (Å²) in [5, 5.41) is 3.90. The van der Waals surface area contributed by atoms with Gasteiger partial charge in [-0.1, -0.05) is 24.3 Å². The SMILES string of the molecule is COc1ccc([C@H](N[C@H]2C=CCCC2)C2CCOCC2)cc1. The number of ether oxygens (including phenoxy) is 2. The lowest BCUT2D eigenvalue weighted by Gasteiger charge is -2.34. The zero-order valence-corrected chi connectivity index (χ0v) is 13.5. The van der Waals surface area contributed by atoms with E-state index >= 15 is 0 Å². The highest BCUT2D eigenvalue weighted by Gasteiger charge is 2.27. The number of hydrogen-bond donors (Lipinski definition) is 1. The van der Waals surface area contributed by atoms with Crippen molar-refractivity contribution in [1.82, 2.24) is 5.32 Å². The molecule has 1 heterocycles. The second kappa shape index (κ2) is 7.80. The van der Waals surface area contributed by atoms with Crippen LogP contribution in [0.3, 0.4) is 0 Å². The van der Waals surface area contributed by atoms with E-state index in [4.69, 9.17) is 9.47 Å². The normalized spacial score (nSPS) is 24.1. The van der Waals surface area contributed by atoms with Gasteiger partial charge in [0.2, 0.25) is 0 Å². The third kappa shape index (κ3) is 3.90. The molecule has 0 unspecified atom stereocenters. The summed E-state index contributed by atoms with van der Waals surface area (Å²) in [5.74, 6) is 1.57. The van der Waals surface area contributed by atoms with Gasteiger partial charge in [0.15, 0.2) is 0 Å². The molecule has 0 bridgehead atoms. The Kier molecular flexibility index (Phi) is 5.52. The molecule has 1 N–H and O–H groups in total. The molecule has 1 aromatic rings. The van der Waals surface area contributed by atoms with Crippen LogP contribution in [-0.2, 0) is 4.74 Å². The fourth-order valence-corrected chi connectivity index (χ4v) is 3.55. The van der Waals surface area contributed by atoms with Crippen LogP contribution < -0.4 is 10.1 Å². The van der Waals surface area contributed by atoms with Gasteiger partial charge in [-0.3, -0.25) is 0 Å². The third-order valence-corrected chi connectivity index (χ3v) is 4.86. The molecule has 2 aliphatic rings. The van der Waals surface area contributed by atoms with E-state index in [1.165, 1.54) is 24.8 Å². The lowest BCUT2D eigenvalue weighted by atomic mass is 9.86. The molecule has 0 spiro atoms. The Morgan fingerprint density at radius 1 is 1.14 bits per heavy atom. The molecule has 0 saturated carbocycles. The Bertz CT molecular complexity index is 477. The molecular weight excluding hydrogens is 274 g/mol. The van der Waals surface area contributed by atoms with E-state index in [1.807, 2.05) is 0 Å². The van der Waals surface area contributed by atoms with Crippen molar-refractivity contribution < 1.29 is 9.47 Å². The first-order valence-corrected chi connectivity index (χ1v) is 8.51. The van der Waals surface area contributed by atoms with Gasteiger partial charge in [-0.15, -0.1) is 0 Å². The topological polar surface area (TPSA) is 30.5 Å². The quantitative estimate of drug-likeness (QED) is 0.838. The minimum Gasteiger partial charge on any atom is -0.497 e. The molecule has 3 nitrogen and oxygen atoms in total. The van der Waals surface area contributed by atoms with E-state index in [9.17, 15) is 0 Å². The molecule has 0 radical (unpaired) electrons. The molecule has 1 saturated heterocycles. The highest BCUT2D eigenvalue weighted by atomic mass is 16.5. The van der Waals surface area contributed by atoms with Crippen LogP contribution in [0.25, 0.3) is 0 Å². The standard InChI is InChI=1S/C19H27NO2/c1-21-18-9-7-15(8-10-18)19(16-11-13-22-14-12-16)20-17-5-3-2-4-6-17/h3,5,7-10,16-17,19-20H,2,4,6,11-14H2,1H3/t17-,19-/m0/s1. The first-order chi connectivity index (χ1) is 10.9. The van der Waals surface area contributed by atoms with E-state index in [1.54, 1.807) is 7.11 Å². The lowest BCUT2D eigenvalue weighted by Crippen LogP contribution is -2.38. The van der Waals surface area contributed by atoms with Gasteiger partial charge in [-0.25, -0.2) is 0 Å². The summed E-state index contributed by atoms with van der Waals surface area (Å²) in [5.41, 5.74) is 1.37. The van der Waals surface area contributed by atoms with Crippen molar-refractivity contribution in [3.8, 4) is 5.75 Å². The van der Waals surface area contributed by atoms with Crippen molar-refractivity contribution in [2.45, 2.75) is 44.2 Å². The van der Waals surface area contributed by atoms with E-state index in [2.05, 4.69) is 41.7 Å². The molecule has 1 aromatic carbocycles. The van der Waals surface area contributed by atoms with Crippen LogP contribution in [0.5, 0.6) is 5.75 Å². The summed E-state index contributed by atoms with van der Waals surface area (Å²) in [6, 6.07) is 9.46. The van der Waals surface area contributed by atoms with Crippen molar-refractivity contribution in [2.24, 2.45) is 5.92 Å². The average molecular weight is 301 g/mol. The Labute approximate surface area is 133 Å². The number of rotatable bonds is 5. The summed E-state index contributed by atoms with van der Waals surface area (Å²) >= 11 is 0.